The largest absolute Gasteiger partial charge is 0.542 e. The number of halogens is 1. The normalized spacial score (nSPS) is 10.3. The van der Waals surface area contributed by atoms with Crippen molar-refractivity contribution in [1.29, 1.82) is 0 Å². The molecule has 2 rings (SSSR count). The van der Waals surface area contributed by atoms with Gasteiger partial charge in [-0.25, -0.2) is 0 Å². The summed E-state index contributed by atoms with van der Waals surface area (Å²) in [4.78, 5) is 10.7. The molecule has 0 atom stereocenters. The predicted octanol–water partition coefficient (Wildman–Crippen LogP) is 2.18. The number of aromatic carboxylic acids is 1. The van der Waals surface area contributed by atoms with Gasteiger partial charge in [0.05, 0.1) is 5.02 Å². The van der Waals surface area contributed by atoms with Crippen LogP contribution in [0.3, 0.4) is 0 Å². The first kappa shape index (κ1) is 12.5. The molecule has 1 heterocycles. The zero-order chi connectivity index (χ0) is 13.1. The number of ether oxygens (including phenoxy) is 1. The second kappa shape index (κ2) is 5.14. The Bertz CT molecular complexity index is 574. The molecule has 0 aliphatic carbocycles. The molecule has 2 aromatic rings. The van der Waals surface area contributed by atoms with E-state index in [1.54, 1.807) is 37.3 Å². The van der Waals surface area contributed by atoms with Crippen molar-refractivity contribution in [3.05, 3.63) is 52.4 Å². The third kappa shape index (κ3) is 2.65. The third-order valence-electron chi connectivity index (χ3n) is 2.36. The third-order valence-corrected chi connectivity index (χ3v) is 2.67. The van der Waals surface area contributed by atoms with Crippen LogP contribution in [0.15, 0.2) is 34.7 Å². The summed E-state index contributed by atoms with van der Waals surface area (Å²) in [5.41, 5.74) is 0.507. The molecular weight excluding hydrogens is 256 g/mol. The number of carbonyl (C=O) groups excluding carboxylic acids is 1. The van der Waals surface area contributed by atoms with Gasteiger partial charge < -0.3 is 19.1 Å². The van der Waals surface area contributed by atoms with Gasteiger partial charge in [-0.05, 0) is 30.7 Å². The van der Waals surface area contributed by atoms with Crippen molar-refractivity contribution in [3.8, 4) is 5.75 Å². The van der Waals surface area contributed by atoms with Crippen LogP contribution >= 0.6 is 11.6 Å². The van der Waals surface area contributed by atoms with E-state index in [1.807, 2.05) is 0 Å². The van der Waals surface area contributed by atoms with E-state index in [0.29, 0.717) is 22.1 Å². The molecule has 0 N–H and O–H groups in total. The van der Waals surface area contributed by atoms with Gasteiger partial charge in [-0.15, -0.1) is 0 Å². The zero-order valence-corrected chi connectivity index (χ0v) is 10.4. The number of furan rings is 1. The Morgan fingerprint density at radius 2 is 2.17 bits per heavy atom. The lowest BCUT2D eigenvalue weighted by atomic mass is 10.3. The summed E-state index contributed by atoms with van der Waals surface area (Å²) in [6.07, 6.45) is 0. The Morgan fingerprint density at radius 3 is 2.78 bits per heavy atom. The monoisotopic (exact) mass is 265 g/mol. The second-order valence-electron chi connectivity index (χ2n) is 3.73. The number of carboxylic acid groups (broad SMARTS) is 1. The molecule has 18 heavy (non-hydrogen) atoms. The van der Waals surface area contributed by atoms with Crippen molar-refractivity contribution >= 4 is 17.6 Å². The summed E-state index contributed by atoms with van der Waals surface area (Å²) in [5, 5.41) is 11.2. The van der Waals surface area contributed by atoms with Gasteiger partial charge in [0.15, 0.2) is 5.76 Å². The highest BCUT2D eigenvalue weighted by molar-refractivity contribution is 6.32. The smallest absolute Gasteiger partial charge is 0.152 e. The number of benzene rings is 1. The average Bonchev–Trinajstić information content (AvgIpc) is 2.70. The molecule has 0 saturated carbocycles. The molecule has 94 valence electrons. The summed E-state index contributed by atoms with van der Waals surface area (Å²) >= 11 is 5.92. The number of hydrogen-bond donors (Lipinski definition) is 0. The van der Waals surface area contributed by atoms with Crippen molar-refractivity contribution in [2.75, 3.05) is 0 Å². The molecule has 5 heteroatoms. The molecule has 0 amide bonds. The van der Waals surface area contributed by atoms with Crippen molar-refractivity contribution < 1.29 is 19.1 Å². The number of carbonyl (C=O) groups is 1. The fourth-order valence-electron chi connectivity index (χ4n) is 1.53. The van der Waals surface area contributed by atoms with Crippen molar-refractivity contribution in [2.24, 2.45) is 0 Å². The quantitative estimate of drug-likeness (QED) is 0.850. The first-order chi connectivity index (χ1) is 8.58. The van der Waals surface area contributed by atoms with Gasteiger partial charge in [-0.3, -0.25) is 0 Å². The summed E-state index contributed by atoms with van der Waals surface area (Å²) < 4.78 is 10.5. The molecule has 0 aliphatic rings. The highest BCUT2D eigenvalue weighted by atomic mass is 35.5. The maximum absolute atomic E-state index is 10.7. The Hall–Kier alpha value is -1.94. The summed E-state index contributed by atoms with van der Waals surface area (Å²) in [7, 11) is 0. The Balaban J connectivity index is 2.09. The first-order valence-corrected chi connectivity index (χ1v) is 5.63. The van der Waals surface area contributed by atoms with Crippen LogP contribution in [0.5, 0.6) is 5.75 Å². The second-order valence-corrected chi connectivity index (χ2v) is 4.14. The van der Waals surface area contributed by atoms with E-state index in [-0.39, 0.29) is 12.4 Å². The van der Waals surface area contributed by atoms with E-state index in [9.17, 15) is 9.90 Å². The van der Waals surface area contributed by atoms with Crippen LogP contribution in [0.4, 0.5) is 0 Å². The van der Waals surface area contributed by atoms with E-state index in [4.69, 9.17) is 20.8 Å². The highest BCUT2D eigenvalue weighted by Gasteiger charge is 2.09. The summed E-state index contributed by atoms with van der Waals surface area (Å²) in [5.74, 6) is -0.584. The minimum atomic E-state index is -1.34. The lowest BCUT2D eigenvalue weighted by molar-refractivity contribution is -0.257. The molecule has 4 nitrogen and oxygen atoms in total. The van der Waals surface area contributed by atoms with E-state index in [1.165, 1.54) is 0 Å². The zero-order valence-electron chi connectivity index (χ0n) is 9.60. The number of hydrogen-bond acceptors (Lipinski definition) is 4. The number of carboxylic acids is 1. The van der Waals surface area contributed by atoms with Gasteiger partial charge in [-0.1, -0.05) is 23.7 Å². The molecule has 0 saturated heterocycles. The number of rotatable bonds is 4. The molecule has 0 bridgehead atoms. The van der Waals surface area contributed by atoms with Crippen LogP contribution in [0.2, 0.25) is 5.02 Å². The lowest BCUT2D eigenvalue weighted by Gasteiger charge is -2.05. The summed E-state index contributed by atoms with van der Waals surface area (Å²) in [6.45, 7) is 1.74. The van der Waals surface area contributed by atoms with Gasteiger partial charge >= 0.3 is 0 Å². The van der Waals surface area contributed by atoms with Crippen LogP contribution in [-0.4, -0.2) is 5.97 Å². The van der Waals surface area contributed by atoms with Crippen LogP contribution in [0.1, 0.15) is 21.9 Å². The maximum atomic E-state index is 10.7. The fraction of sp³-hybridized carbons (Fsp3) is 0.154. The van der Waals surface area contributed by atoms with Gasteiger partial charge in [0.1, 0.15) is 24.1 Å². The molecule has 0 aliphatic heterocycles. The Labute approximate surface area is 109 Å². The molecule has 0 radical (unpaired) electrons. The van der Waals surface area contributed by atoms with Crippen molar-refractivity contribution in [1.82, 2.24) is 0 Å². The topological polar surface area (TPSA) is 62.5 Å². The molecule has 1 aromatic heterocycles. The van der Waals surface area contributed by atoms with E-state index < -0.39 is 5.97 Å². The van der Waals surface area contributed by atoms with Gasteiger partial charge in [0.2, 0.25) is 0 Å². The molecule has 0 spiro atoms. The van der Waals surface area contributed by atoms with Crippen LogP contribution < -0.4 is 9.84 Å². The standard InChI is InChI=1S/C13H11ClO4/c1-8-6-9(18-12(8)13(15)16)7-17-11-5-3-2-4-10(11)14/h2-6H,7H2,1H3,(H,15,16)/p-1. The molecule has 0 unspecified atom stereocenters. The van der Waals surface area contributed by atoms with Gasteiger partial charge in [0.25, 0.3) is 0 Å². The minimum Gasteiger partial charge on any atom is -0.542 e. The number of para-hydroxylation sites is 1. The molecular formula is C13H10ClO4-. The van der Waals surface area contributed by atoms with Gasteiger partial charge in [-0.2, -0.15) is 0 Å². The molecule has 0 fully saturated rings. The molecule has 1 aromatic carbocycles. The van der Waals surface area contributed by atoms with Gasteiger partial charge in [0, 0.05) is 0 Å². The number of aryl methyl sites for hydroxylation is 1. The maximum Gasteiger partial charge on any atom is 0.152 e. The first-order valence-electron chi connectivity index (χ1n) is 5.26. The lowest BCUT2D eigenvalue weighted by Crippen LogP contribution is -2.22. The van der Waals surface area contributed by atoms with Crippen molar-refractivity contribution in [2.45, 2.75) is 13.5 Å². The summed E-state index contributed by atoms with van der Waals surface area (Å²) in [6, 6.07) is 8.61. The van der Waals surface area contributed by atoms with E-state index in [0.717, 1.165) is 0 Å². The SMILES string of the molecule is Cc1cc(COc2ccccc2Cl)oc1C(=O)[O-]. The van der Waals surface area contributed by atoms with E-state index >= 15 is 0 Å². The Morgan fingerprint density at radius 1 is 1.44 bits per heavy atom. The van der Waals surface area contributed by atoms with Crippen LogP contribution in [0.25, 0.3) is 0 Å². The van der Waals surface area contributed by atoms with Crippen molar-refractivity contribution in [3.63, 3.8) is 0 Å². The fourth-order valence-corrected chi connectivity index (χ4v) is 1.72. The Kier molecular flexibility index (Phi) is 3.58. The predicted molar refractivity (Wildman–Crippen MR) is 63.6 cm³/mol. The highest BCUT2D eigenvalue weighted by Crippen LogP contribution is 2.24. The minimum absolute atomic E-state index is 0.109. The van der Waals surface area contributed by atoms with E-state index in [2.05, 4.69) is 0 Å². The average molecular weight is 266 g/mol. The van der Waals surface area contributed by atoms with Crippen LogP contribution in [0, 0.1) is 6.92 Å². The van der Waals surface area contributed by atoms with Crippen LogP contribution in [-0.2, 0) is 6.61 Å².